The third kappa shape index (κ3) is 3.84. The number of alkyl halides is 3. The van der Waals surface area contributed by atoms with Gasteiger partial charge in [0.15, 0.2) is 5.82 Å². The second-order valence-electron chi connectivity index (χ2n) is 6.66. The normalized spacial score (nSPS) is 15.8. The lowest BCUT2D eigenvalue weighted by Gasteiger charge is -2.24. The molecule has 0 spiro atoms. The molecule has 0 aliphatic carbocycles. The zero-order valence-corrected chi connectivity index (χ0v) is 15.9. The van der Waals surface area contributed by atoms with Gasteiger partial charge in [0.1, 0.15) is 0 Å². The van der Waals surface area contributed by atoms with Crippen molar-refractivity contribution in [3.63, 3.8) is 0 Å². The smallest absolute Gasteiger partial charge is 0.312 e. The van der Waals surface area contributed by atoms with E-state index in [4.69, 9.17) is 11.6 Å². The molecule has 3 rings (SSSR count). The molecule has 2 heterocycles. The highest BCUT2D eigenvalue weighted by Gasteiger charge is 2.41. The summed E-state index contributed by atoms with van der Waals surface area (Å²) >= 11 is 6.11. The quantitative estimate of drug-likeness (QED) is 0.784. The van der Waals surface area contributed by atoms with Crippen LogP contribution < -0.4 is 10.2 Å². The first-order valence-electron chi connectivity index (χ1n) is 8.62. The van der Waals surface area contributed by atoms with Gasteiger partial charge in [0, 0.05) is 24.7 Å². The van der Waals surface area contributed by atoms with Crippen molar-refractivity contribution in [2.75, 3.05) is 16.8 Å². The molecule has 1 saturated heterocycles. The van der Waals surface area contributed by atoms with E-state index in [1.54, 1.807) is 13.0 Å². The molecule has 1 aromatic carbocycles. The van der Waals surface area contributed by atoms with Gasteiger partial charge in [-0.2, -0.15) is 18.3 Å². The maximum atomic E-state index is 13.7. The van der Waals surface area contributed by atoms with Crippen molar-refractivity contribution < 1.29 is 22.8 Å². The molecule has 10 heteroatoms. The molecular formula is C18H18ClF3N4O2. The Bertz CT molecular complexity index is 926. The number of nitrogens with one attached hydrogen (secondary N) is 2. The number of aryl methyl sites for hydroxylation is 1. The number of rotatable bonds is 4. The molecule has 2 amide bonds. The fraction of sp³-hybridized carbons (Fsp3) is 0.389. The SMILES string of the molecule is Cc1cc(NC(=O)C(C)c2ccc(N3CCCC3=O)c(C(F)(F)F)c2Cl)n[nH]1. The van der Waals surface area contributed by atoms with Gasteiger partial charge in [-0.25, -0.2) is 0 Å². The van der Waals surface area contributed by atoms with Crippen molar-refractivity contribution in [2.45, 2.75) is 38.8 Å². The van der Waals surface area contributed by atoms with E-state index in [-0.39, 0.29) is 35.9 Å². The molecule has 28 heavy (non-hydrogen) atoms. The summed E-state index contributed by atoms with van der Waals surface area (Å²) < 4.78 is 41.2. The van der Waals surface area contributed by atoms with E-state index in [0.29, 0.717) is 6.42 Å². The Hall–Kier alpha value is -2.55. The fourth-order valence-corrected chi connectivity index (χ4v) is 3.60. The molecule has 1 atom stereocenters. The van der Waals surface area contributed by atoms with E-state index in [1.165, 1.54) is 19.1 Å². The molecule has 0 saturated carbocycles. The molecule has 0 radical (unpaired) electrons. The molecule has 2 aromatic rings. The summed E-state index contributed by atoms with van der Waals surface area (Å²) in [5.41, 5.74) is -0.634. The summed E-state index contributed by atoms with van der Waals surface area (Å²) in [6, 6.07) is 4.16. The Labute approximate surface area is 164 Å². The van der Waals surface area contributed by atoms with Gasteiger partial charge >= 0.3 is 6.18 Å². The predicted molar refractivity (Wildman–Crippen MR) is 98.4 cm³/mol. The molecule has 0 bridgehead atoms. The molecule has 1 aliphatic heterocycles. The molecule has 2 N–H and O–H groups in total. The third-order valence-electron chi connectivity index (χ3n) is 4.61. The highest BCUT2D eigenvalue weighted by molar-refractivity contribution is 6.33. The van der Waals surface area contributed by atoms with Crippen molar-refractivity contribution in [1.82, 2.24) is 10.2 Å². The minimum atomic E-state index is -4.78. The maximum absolute atomic E-state index is 13.7. The highest BCUT2D eigenvalue weighted by atomic mass is 35.5. The summed E-state index contributed by atoms with van der Waals surface area (Å²) in [7, 11) is 0. The average molecular weight is 415 g/mol. The number of anilines is 2. The number of carbonyl (C=O) groups excluding carboxylic acids is 2. The fourth-order valence-electron chi connectivity index (χ4n) is 3.17. The first-order chi connectivity index (χ1) is 13.1. The summed E-state index contributed by atoms with van der Waals surface area (Å²) in [6.45, 7) is 3.40. The Balaban J connectivity index is 1.97. The largest absolute Gasteiger partial charge is 0.419 e. The number of nitrogens with zero attached hydrogens (tertiary/aromatic N) is 2. The summed E-state index contributed by atoms with van der Waals surface area (Å²) in [4.78, 5) is 25.5. The summed E-state index contributed by atoms with van der Waals surface area (Å²) in [6.07, 6.45) is -4.10. The van der Waals surface area contributed by atoms with Crippen LogP contribution in [0, 0.1) is 6.92 Å². The van der Waals surface area contributed by atoms with Crippen LogP contribution in [-0.2, 0) is 15.8 Å². The van der Waals surface area contributed by atoms with Crippen molar-refractivity contribution >= 4 is 34.9 Å². The van der Waals surface area contributed by atoms with Gasteiger partial charge in [-0.15, -0.1) is 0 Å². The van der Waals surface area contributed by atoms with Crippen LogP contribution in [0.2, 0.25) is 5.02 Å². The van der Waals surface area contributed by atoms with Gasteiger partial charge in [0.2, 0.25) is 11.8 Å². The van der Waals surface area contributed by atoms with Crippen LogP contribution in [-0.4, -0.2) is 28.6 Å². The summed E-state index contributed by atoms with van der Waals surface area (Å²) in [5.74, 6) is -1.63. The molecule has 1 fully saturated rings. The van der Waals surface area contributed by atoms with Crippen molar-refractivity contribution in [1.29, 1.82) is 0 Å². The van der Waals surface area contributed by atoms with Crippen LogP contribution >= 0.6 is 11.6 Å². The molecule has 1 aromatic heterocycles. The van der Waals surface area contributed by atoms with E-state index >= 15 is 0 Å². The van der Waals surface area contributed by atoms with Crippen LogP contribution in [0.1, 0.15) is 42.5 Å². The lowest BCUT2D eigenvalue weighted by Crippen LogP contribution is -2.27. The van der Waals surface area contributed by atoms with Crippen LogP contribution in [0.4, 0.5) is 24.7 Å². The number of aromatic nitrogens is 2. The molecule has 150 valence electrons. The van der Waals surface area contributed by atoms with E-state index in [9.17, 15) is 22.8 Å². The van der Waals surface area contributed by atoms with E-state index in [1.807, 2.05) is 0 Å². The van der Waals surface area contributed by atoms with Crippen molar-refractivity contribution in [3.05, 3.63) is 40.0 Å². The predicted octanol–water partition coefficient (Wildman–Crippen LogP) is 4.26. The number of H-pyrrole nitrogens is 1. The topological polar surface area (TPSA) is 78.1 Å². The zero-order chi connectivity index (χ0) is 20.6. The number of hydrogen-bond donors (Lipinski definition) is 2. The van der Waals surface area contributed by atoms with Crippen LogP contribution in [0.15, 0.2) is 18.2 Å². The van der Waals surface area contributed by atoms with Gasteiger partial charge < -0.3 is 10.2 Å². The van der Waals surface area contributed by atoms with E-state index in [2.05, 4.69) is 15.5 Å². The van der Waals surface area contributed by atoms with Crippen LogP contribution in [0.3, 0.4) is 0 Å². The van der Waals surface area contributed by atoms with Crippen molar-refractivity contribution in [2.24, 2.45) is 0 Å². The van der Waals surface area contributed by atoms with E-state index in [0.717, 1.165) is 10.6 Å². The van der Waals surface area contributed by atoms with Gasteiger partial charge in [-0.05, 0) is 31.9 Å². The number of amides is 2. The number of aromatic amines is 1. The second-order valence-corrected chi connectivity index (χ2v) is 7.03. The number of benzene rings is 1. The third-order valence-corrected chi connectivity index (χ3v) is 5.02. The van der Waals surface area contributed by atoms with Gasteiger partial charge in [0.05, 0.1) is 22.2 Å². The first-order valence-corrected chi connectivity index (χ1v) is 9.00. The lowest BCUT2D eigenvalue weighted by molar-refractivity contribution is -0.137. The number of halogens is 4. The van der Waals surface area contributed by atoms with Gasteiger partial charge in [0.25, 0.3) is 0 Å². The highest BCUT2D eigenvalue weighted by Crippen LogP contribution is 2.45. The summed E-state index contributed by atoms with van der Waals surface area (Å²) in [5, 5.41) is 8.49. The Kier molecular flexibility index (Phi) is 5.38. The van der Waals surface area contributed by atoms with Gasteiger partial charge in [-0.1, -0.05) is 17.7 Å². The zero-order valence-electron chi connectivity index (χ0n) is 15.2. The first kappa shape index (κ1) is 20.2. The molecule has 6 nitrogen and oxygen atoms in total. The second kappa shape index (κ2) is 7.46. The standard InChI is InChI=1S/C18H18ClF3N4O2/c1-9-8-13(25-24-9)23-17(28)10(2)11-5-6-12(26-7-3-4-14(26)27)15(16(11)19)18(20,21)22/h5-6,8,10H,3-4,7H2,1-2H3,(H2,23,24,25,28). The van der Waals surface area contributed by atoms with E-state index < -0.39 is 28.6 Å². The number of hydrogen-bond acceptors (Lipinski definition) is 3. The minimum absolute atomic E-state index is 0.0224. The average Bonchev–Trinajstić information content (AvgIpc) is 3.20. The number of carbonyl (C=O) groups is 2. The molecule has 1 unspecified atom stereocenters. The maximum Gasteiger partial charge on any atom is 0.419 e. The van der Waals surface area contributed by atoms with Crippen molar-refractivity contribution in [3.8, 4) is 0 Å². The Morgan fingerprint density at radius 3 is 2.64 bits per heavy atom. The van der Waals surface area contributed by atoms with Crippen LogP contribution in [0.5, 0.6) is 0 Å². The Morgan fingerprint density at radius 2 is 2.11 bits per heavy atom. The lowest BCUT2D eigenvalue weighted by atomic mass is 9.96. The Morgan fingerprint density at radius 1 is 1.39 bits per heavy atom. The molecular weight excluding hydrogens is 397 g/mol. The monoisotopic (exact) mass is 414 g/mol. The van der Waals surface area contributed by atoms with Crippen LogP contribution in [0.25, 0.3) is 0 Å². The minimum Gasteiger partial charge on any atom is -0.312 e. The van der Waals surface area contributed by atoms with Gasteiger partial charge in [-0.3, -0.25) is 14.7 Å². The molecule has 1 aliphatic rings.